The van der Waals surface area contributed by atoms with Crippen molar-refractivity contribution >= 4 is 15.9 Å². The van der Waals surface area contributed by atoms with E-state index >= 15 is 0 Å². The van der Waals surface area contributed by atoms with Gasteiger partial charge in [0, 0.05) is 32.2 Å². The number of piperazine rings is 1. The lowest BCUT2D eigenvalue weighted by molar-refractivity contribution is -0.133. The lowest BCUT2D eigenvalue weighted by Gasteiger charge is -2.35. The molecule has 0 bridgehead atoms. The van der Waals surface area contributed by atoms with Gasteiger partial charge in [-0.3, -0.25) is 9.69 Å². The Balaban J connectivity index is 1.32. The number of amides is 1. The summed E-state index contributed by atoms with van der Waals surface area (Å²) < 4.78 is 53.8. The highest BCUT2D eigenvalue weighted by atomic mass is 32.2. The van der Waals surface area contributed by atoms with Crippen molar-refractivity contribution in [1.82, 2.24) is 14.1 Å². The van der Waals surface area contributed by atoms with Gasteiger partial charge in [0.25, 0.3) is 0 Å². The first-order valence-corrected chi connectivity index (χ1v) is 12.3. The molecule has 2 heterocycles. The number of hydrogen-bond acceptors (Lipinski definition) is 4. The molecule has 1 unspecified atom stereocenters. The van der Waals surface area contributed by atoms with Gasteiger partial charge in [-0.15, -0.1) is 0 Å². The summed E-state index contributed by atoms with van der Waals surface area (Å²) in [5, 5.41) is 0. The quantitative estimate of drug-likeness (QED) is 0.661. The molecule has 32 heavy (non-hydrogen) atoms. The van der Waals surface area contributed by atoms with Crippen molar-refractivity contribution in [3.8, 4) is 0 Å². The zero-order valence-corrected chi connectivity index (χ0v) is 18.6. The fraction of sp³-hybridized carbons (Fsp3) is 0.435. The van der Waals surface area contributed by atoms with Crippen LogP contribution in [0.2, 0.25) is 0 Å². The van der Waals surface area contributed by atoms with Gasteiger partial charge < -0.3 is 4.90 Å². The van der Waals surface area contributed by atoms with Gasteiger partial charge in [-0.2, -0.15) is 4.31 Å². The van der Waals surface area contributed by atoms with Crippen LogP contribution in [0.4, 0.5) is 8.78 Å². The summed E-state index contributed by atoms with van der Waals surface area (Å²) in [4.78, 5) is 16.6. The van der Waals surface area contributed by atoms with Gasteiger partial charge in [-0.25, -0.2) is 17.2 Å². The number of hydrogen-bond donors (Lipinski definition) is 0. The molecule has 9 heteroatoms. The zero-order valence-electron chi connectivity index (χ0n) is 17.8. The van der Waals surface area contributed by atoms with Gasteiger partial charge >= 0.3 is 0 Å². The Hall–Kier alpha value is -2.36. The number of nitrogens with zero attached hydrogens (tertiary/aromatic N) is 3. The molecule has 0 spiro atoms. The highest BCUT2D eigenvalue weighted by molar-refractivity contribution is 7.89. The van der Waals surface area contributed by atoms with Crippen LogP contribution in [-0.4, -0.2) is 73.7 Å². The fourth-order valence-electron chi connectivity index (χ4n) is 4.50. The summed E-state index contributed by atoms with van der Waals surface area (Å²) in [5.41, 5.74) is 0.922. The van der Waals surface area contributed by atoms with E-state index in [9.17, 15) is 22.0 Å². The number of halogens is 2. The third kappa shape index (κ3) is 5.16. The monoisotopic (exact) mass is 463 g/mol. The summed E-state index contributed by atoms with van der Waals surface area (Å²) in [6, 6.07) is 11.7. The summed E-state index contributed by atoms with van der Waals surface area (Å²) in [6.45, 7) is 2.05. The lowest BCUT2D eigenvalue weighted by atomic mass is 10.0. The molecule has 2 aromatic carbocycles. The SMILES string of the molecule is O=C(CN1CCCC1Cc1cccc(F)c1)N1CCN(S(=O)(=O)c2cccc(F)c2)CC1. The first kappa shape index (κ1) is 22.8. The van der Waals surface area contributed by atoms with E-state index in [4.69, 9.17) is 0 Å². The second-order valence-electron chi connectivity index (χ2n) is 8.34. The van der Waals surface area contributed by atoms with Crippen LogP contribution in [0.3, 0.4) is 0 Å². The minimum atomic E-state index is -3.79. The van der Waals surface area contributed by atoms with Gasteiger partial charge in [0.05, 0.1) is 11.4 Å². The van der Waals surface area contributed by atoms with E-state index in [0.29, 0.717) is 19.5 Å². The number of rotatable bonds is 6. The van der Waals surface area contributed by atoms with E-state index in [1.54, 1.807) is 11.0 Å². The summed E-state index contributed by atoms with van der Waals surface area (Å²) in [5.74, 6) is -0.883. The molecule has 0 aliphatic carbocycles. The normalized spacial score (nSPS) is 20.6. The van der Waals surface area contributed by atoms with Crippen molar-refractivity contribution in [2.45, 2.75) is 30.2 Å². The molecular weight excluding hydrogens is 436 g/mol. The van der Waals surface area contributed by atoms with Crippen LogP contribution in [0.5, 0.6) is 0 Å². The maximum Gasteiger partial charge on any atom is 0.243 e. The van der Waals surface area contributed by atoms with E-state index in [1.807, 2.05) is 6.07 Å². The molecule has 1 atom stereocenters. The summed E-state index contributed by atoms with van der Waals surface area (Å²) >= 11 is 0. The molecule has 6 nitrogen and oxygen atoms in total. The molecule has 2 fully saturated rings. The van der Waals surface area contributed by atoms with Gasteiger partial charge in [-0.1, -0.05) is 18.2 Å². The van der Waals surface area contributed by atoms with Gasteiger partial charge in [0.2, 0.25) is 15.9 Å². The smallest absolute Gasteiger partial charge is 0.243 e. The number of sulfonamides is 1. The summed E-state index contributed by atoms with van der Waals surface area (Å²) in [7, 11) is -3.79. The van der Waals surface area contributed by atoms with E-state index in [2.05, 4.69) is 4.90 Å². The maximum absolute atomic E-state index is 13.5. The van der Waals surface area contributed by atoms with Crippen LogP contribution in [0.25, 0.3) is 0 Å². The maximum atomic E-state index is 13.5. The van der Waals surface area contributed by atoms with Crippen LogP contribution in [-0.2, 0) is 21.2 Å². The van der Waals surface area contributed by atoms with Crippen LogP contribution in [0.15, 0.2) is 53.4 Å². The predicted octanol–water partition coefficient (Wildman–Crippen LogP) is 2.50. The summed E-state index contributed by atoms with van der Waals surface area (Å²) in [6.07, 6.45) is 2.65. The molecular formula is C23H27F2N3O3S. The third-order valence-corrected chi connectivity index (χ3v) is 8.12. The van der Waals surface area contributed by atoms with Gasteiger partial charge in [0.1, 0.15) is 11.6 Å². The topological polar surface area (TPSA) is 60.9 Å². The number of benzene rings is 2. The molecule has 172 valence electrons. The van der Waals surface area contributed by atoms with E-state index in [-0.39, 0.29) is 42.3 Å². The Morgan fingerprint density at radius 1 is 0.938 bits per heavy atom. The molecule has 0 radical (unpaired) electrons. The van der Waals surface area contributed by atoms with E-state index in [0.717, 1.165) is 31.0 Å². The zero-order chi connectivity index (χ0) is 22.7. The average molecular weight is 464 g/mol. The number of likely N-dealkylation sites (tertiary alicyclic amines) is 1. The molecule has 2 aliphatic rings. The fourth-order valence-corrected chi connectivity index (χ4v) is 5.95. The Morgan fingerprint density at radius 3 is 2.31 bits per heavy atom. The number of carbonyl (C=O) groups is 1. The minimum Gasteiger partial charge on any atom is -0.339 e. The second kappa shape index (κ2) is 9.64. The Bertz CT molecular complexity index is 1070. The van der Waals surface area contributed by atoms with Crippen LogP contribution in [0.1, 0.15) is 18.4 Å². The highest BCUT2D eigenvalue weighted by Crippen LogP contribution is 2.22. The largest absolute Gasteiger partial charge is 0.339 e. The lowest BCUT2D eigenvalue weighted by Crippen LogP contribution is -2.53. The average Bonchev–Trinajstić information content (AvgIpc) is 3.20. The Morgan fingerprint density at radius 2 is 1.62 bits per heavy atom. The molecule has 0 aromatic heterocycles. The first-order chi connectivity index (χ1) is 15.3. The Kier molecular flexibility index (Phi) is 6.88. The van der Waals surface area contributed by atoms with Crippen molar-refractivity contribution in [1.29, 1.82) is 0 Å². The first-order valence-electron chi connectivity index (χ1n) is 10.8. The number of carbonyl (C=O) groups excluding carboxylic acids is 1. The third-order valence-electron chi connectivity index (χ3n) is 6.22. The standard InChI is InChI=1S/C23H27F2N3O3S/c24-19-5-1-4-18(14-19)15-21-7-3-9-27(21)17-23(29)26-10-12-28(13-11-26)32(30,31)22-8-2-6-20(25)16-22/h1-2,4-6,8,14,16,21H,3,7,9-13,15,17H2. The van der Waals surface area contributed by atoms with Crippen molar-refractivity contribution in [2.24, 2.45) is 0 Å². The predicted molar refractivity (Wildman–Crippen MR) is 116 cm³/mol. The van der Waals surface area contributed by atoms with Crippen LogP contribution >= 0.6 is 0 Å². The molecule has 0 N–H and O–H groups in total. The molecule has 0 saturated carbocycles. The second-order valence-corrected chi connectivity index (χ2v) is 10.3. The Labute approximate surface area is 187 Å². The van der Waals surface area contributed by atoms with Crippen LogP contribution < -0.4 is 0 Å². The van der Waals surface area contributed by atoms with Gasteiger partial charge in [0.15, 0.2) is 0 Å². The highest BCUT2D eigenvalue weighted by Gasteiger charge is 2.32. The van der Waals surface area contributed by atoms with Crippen molar-refractivity contribution in [3.63, 3.8) is 0 Å². The molecule has 2 saturated heterocycles. The van der Waals surface area contributed by atoms with E-state index in [1.165, 1.54) is 34.6 Å². The van der Waals surface area contributed by atoms with Crippen molar-refractivity contribution < 1.29 is 22.0 Å². The molecule has 4 rings (SSSR count). The van der Waals surface area contributed by atoms with Crippen molar-refractivity contribution in [3.05, 3.63) is 65.7 Å². The van der Waals surface area contributed by atoms with Crippen LogP contribution in [0, 0.1) is 11.6 Å². The molecule has 2 aromatic rings. The van der Waals surface area contributed by atoms with E-state index < -0.39 is 15.8 Å². The van der Waals surface area contributed by atoms with Gasteiger partial charge in [-0.05, 0) is 61.7 Å². The molecule has 1 amide bonds. The minimum absolute atomic E-state index is 0.0288. The van der Waals surface area contributed by atoms with Crippen molar-refractivity contribution in [2.75, 3.05) is 39.3 Å². The molecule has 2 aliphatic heterocycles.